The predicted octanol–water partition coefficient (Wildman–Crippen LogP) is 4.11. The number of nitrogen functional groups attached to an aromatic ring is 1. The summed E-state index contributed by atoms with van der Waals surface area (Å²) in [6.45, 7) is 1.80. The molecule has 8 nitrogen and oxygen atoms in total. The molecule has 1 heterocycles. The summed E-state index contributed by atoms with van der Waals surface area (Å²) in [5, 5.41) is 9.06. The lowest BCUT2D eigenvalue weighted by Gasteiger charge is -2.27. The average molecular weight is 473 g/mol. The van der Waals surface area contributed by atoms with Crippen molar-refractivity contribution in [3.63, 3.8) is 0 Å². The SMILES string of the molecule is Nc1ccccc1NC(=O)c1ccc(NC(=O)OCc2ccc(C3CC3NC3COC3)cc2)cc1. The number of amides is 2. The van der Waals surface area contributed by atoms with E-state index in [0.717, 1.165) is 25.2 Å². The second kappa shape index (κ2) is 10.2. The van der Waals surface area contributed by atoms with E-state index in [0.29, 0.717) is 40.6 Å². The van der Waals surface area contributed by atoms with E-state index in [4.69, 9.17) is 15.2 Å². The third-order valence-corrected chi connectivity index (χ3v) is 6.26. The summed E-state index contributed by atoms with van der Waals surface area (Å²) in [5.41, 5.74) is 10.1. The molecule has 2 atom stereocenters. The molecule has 1 aliphatic heterocycles. The number of ether oxygens (including phenoxy) is 2. The van der Waals surface area contributed by atoms with Crippen molar-refractivity contribution in [2.45, 2.75) is 31.0 Å². The Labute approximate surface area is 203 Å². The number of carbonyl (C=O) groups excluding carboxylic acids is 2. The molecular weight excluding hydrogens is 444 g/mol. The number of carbonyl (C=O) groups is 2. The van der Waals surface area contributed by atoms with Crippen molar-refractivity contribution in [2.75, 3.05) is 29.6 Å². The summed E-state index contributed by atoms with van der Waals surface area (Å²) in [5.74, 6) is 0.259. The number of rotatable bonds is 8. The highest BCUT2D eigenvalue weighted by molar-refractivity contribution is 6.06. The van der Waals surface area contributed by atoms with Gasteiger partial charge in [-0.15, -0.1) is 0 Å². The molecule has 2 unspecified atom stereocenters. The Hall–Kier alpha value is -3.88. The van der Waals surface area contributed by atoms with Gasteiger partial charge >= 0.3 is 6.09 Å². The fourth-order valence-electron chi connectivity index (χ4n) is 4.06. The van der Waals surface area contributed by atoms with Crippen molar-refractivity contribution in [1.82, 2.24) is 5.32 Å². The number of hydrogen-bond donors (Lipinski definition) is 4. The van der Waals surface area contributed by atoms with Crippen LogP contribution in [0.5, 0.6) is 0 Å². The van der Waals surface area contributed by atoms with Crippen LogP contribution in [0.1, 0.15) is 33.8 Å². The maximum Gasteiger partial charge on any atom is 0.411 e. The van der Waals surface area contributed by atoms with Gasteiger partial charge in [0.25, 0.3) is 5.91 Å². The molecule has 2 aliphatic rings. The van der Waals surface area contributed by atoms with Crippen molar-refractivity contribution in [3.8, 4) is 0 Å². The fraction of sp³-hybridized carbons (Fsp3) is 0.259. The summed E-state index contributed by atoms with van der Waals surface area (Å²) in [4.78, 5) is 24.6. The number of para-hydroxylation sites is 2. The van der Waals surface area contributed by atoms with Gasteiger partial charge in [0.2, 0.25) is 0 Å². The number of hydrogen-bond acceptors (Lipinski definition) is 6. The van der Waals surface area contributed by atoms with Gasteiger partial charge in [-0.2, -0.15) is 0 Å². The summed E-state index contributed by atoms with van der Waals surface area (Å²) < 4.78 is 10.6. The van der Waals surface area contributed by atoms with E-state index in [1.54, 1.807) is 48.5 Å². The summed E-state index contributed by atoms with van der Waals surface area (Å²) in [7, 11) is 0. The molecule has 2 fully saturated rings. The fourth-order valence-corrected chi connectivity index (χ4v) is 4.06. The Morgan fingerprint density at radius 1 is 0.943 bits per heavy atom. The van der Waals surface area contributed by atoms with Crippen molar-refractivity contribution >= 4 is 29.1 Å². The highest BCUT2D eigenvalue weighted by Gasteiger charge is 2.40. The first kappa shape index (κ1) is 22.9. The van der Waals surface area contributed by atoms with E-state index < -0.39 is 6.09 Å². The van der Waals surface area contributed by atoms with Crippen LogP contribution in [0.25, 0.3) is 0 Å². The molecule has 1 aliphatic carbocycles. The molecule has 0 radical (unpaired) electrons. The van der Waals surface area contributed by atoms with E-state index >= 15 is 0 Å². The molecule has 180 valence electrons. The van der Waals surface area contributed by atoms with E-state index in [-0.39, 0.29) is 12.5 Å². The van der Waals surface area contributed by atoms with Crippen LogP contribution >= 0.6 is 0 Å². The van der Waals surface area contributed by atoms with Crippen LogP contribution in [-0.2, 0) is 16.1 Å². The first-order chi connectivity index (χ1) is 17.0. The van der Waals surface area contributed by atoms with Crippen LogP contribution in [0.3, 0.4) is 0 Å². The van der Waals surface area contributed by atoms with Gasteiger partial charge in [0.1, 0.15) is 6.61 Å². The molecular formula is C27H28N4O4. The Kier molecular flexibility index (Phi) is 6.65. The number of nitrogens with one attached hydrogen (secondary N) is 3. The largest absolute Gasteiger partial charge is 0.444 e. The summed E-state index contributed by atoms with van der Waals surface area (Å²) in [6.07, 6.45) is 0.590. The van der Waals surface area contributed by atoms with Gasteiger partial charge in [0.05, 0.1) is 30.6 Å². The van der Waals surface area contributed by atoms with Crippen LogP contribution in [0.2, 0.25) is 0 Å². The van der Waals surface area contributed by atoms with Crippen LogP contribution in [-0.4, -0.2) is 37.3 Å². The molecule has 3 aromatic rings. The number of benzene rings is 3. The Balaban J connectivity index is 1.06. The zero-order chi connectivity index (χ0) is 24.2. The van der Waals surface area contributed by atoms with E-state index in [2.05, 4.69) is 28.1 Å². The smallest absolute Gasteiger partial charge is 0.411 e. The summed E-state index contributed by atoms with van der Waals surface area (Å²) in [6, 6.07) is 22.8. The molecule has 2 amide bonds. The van der Waals surface area contributed by atoms with Crippen molar-refractivity contribution in [1.29, 1.82) is 0 Å². The lowest BCUT2D eigenvalue weighted by molar-refractivity contribution is -0.00603. The Morgan fingerprint density at radius 2 is 1.69 bits per heavy atom. The predicted molar refractivity (Wildman–Crippen MR) is 134 cm³/mol. The molecule has 0 spiro atoms. The topological polar surface area (TPSA) is 115 Å². The maximum absolute atomic E-state index is 12.4. The maximum atomic E-state index is 12.4. The minimum atomic E-state index is -0.558. The normalized spacial score (nSPS) is 18.9. The molecule has 1 saturated carbocycles. The van der Waals surface area contributed by atoms with Gasteiger partial charge < -0.3 is 25.8 Å². The first-order valence-corrected chi connectivity index (χ1v) is 11.7. The molecule has 3 aromatic carbocycles. The second-order valence-electron chi connectivity index (χ2n) is 8.91. The van der Waals surface area contributed by atoms with Crippen LogP contribution in [0.4, 0.5) is 21.9 Å². The molecule has 1 saturated heterocycles. The van der Waals surface area contributed by atoms with Gasteiger partial charge in [-0.25, -0.2) is 4.79 Å². The lowest BCUT2D eigenvalue weighted by Crippen LogP contribution is -2.47. The van der Waals surface area contributed by atoms with Crippen molar-refractivity contribution in [3.05, 3.63) is 89.5 Å². The molecule has 0 bridgehead atoms. The standard InChI is InChI=1S/C27H28N4O4/c28-23-3-1-2-4-24(23)31-26(32)19-9-11-20(12-10-19)30-27(33)35-14-17-5-7-18(8-6-17)22-13-25(22)29-21-15-34-16-21/h1-12,21-22,25,29H,13-16,28H2,(H,30,33)(H,31,32). The first-order valence-electron chi connectivity index (χ1n) is 11.7. The van der Waals surface area contributed by atoms with Crippen LogP contribution < -0.4 is 21.7 Å². The second-order valence-corrected chi connectivity index (χ2v) is 8.91. The molecule has 8 heteroatoms. The van der Waals surface area contributed by atoms with E-state index in [1.165, 1.54) is 5.56 Å². The highest BCUT2D eigenvalue weighted by atomic mass is 16.5. The minimum Gasteiger partial charge on any atom is -0.444 e. The van der Waals surface area contributed by atoms with E-state index in [9.17, 15) is 9.59 Å². The zero-order valence-electron chi connectivity index (χ0n) is 19.2. The van der Waals surface area contributed by atoms with Crippen molar-refractivity contribution in [2.24, 2.45) is 0 Å². The lowest BCUT2D eigenvalue weighted by atomic mass is 10.1. The average Bonchev–Trinajstić information content (AvgIpc) is 3.62. The third kappa shape index (κ3) is 5.79. The van der Waals surface area contributed by atoms with Gasteiger partial charge in [0.15, 0.2) is 0 Å². The van der Waals surface area contributed by atoms with E-state index in [1.807, 2.05) is 12.1 Å². The third-order valence-electron chi connectivity index (χ3n) is 6.26. The highest BCUT2D eigenvalue weighted by Crippen LogP contribution is 2.41. The van der Waals surface area contributed by atoms with Gasteiger partial charge in [-0.1, -0.05) is 36.4 Å². The zero-order valence-corrected chi connectivity index (χ0v) is 19.2. The monoisotopic (exact) mass is 472 g/mol. The molecule has 5 rings (SSSR count). The van der Waals surface area contributed by atoms with Crippen LogP contribution in [0, 0.1) is 0 Å². The Morgan fingerprint density at radius 3 is 2.37 bits per heavy atom. The van der Waals surface area contributed by atoms with Gasteiger partial charge in [-0.3, -0.25) is 10.1 Å². The van der Waals surface area contributed by atoms with Gasteiger partial charge in [0, 0.05) is 23.2 Å². The molecule has 35 heavy (non-hydrogen) atoms. The van der Waals surface area contributed by atoms with Crippen LogP contribution in [0.15, 0.2) is 72.8 Å². The number of nitrogens with two attached hydrogens (primary N) is 1. The van der Waals surface area contributed by atoms with Crippen molar-refractivity contribution < 1.29 is 19.1 Å². The van der Waals surface area contributed by atoms with Gasteiger partial charge in [-0.05, 0) is 53.9 Å². The molecule has 0 aromatic heterocycles. The quantitative estimate of drug-likeness (QED) is 0.367. The minimum absolute atomic E-state index is 0.177. The summed E-state index contributed by atoms with van der Waals surface area (Å²) >= 11 is 0. The molecule has 5 N–H and O–H groups in total. The number of anilines is 3. The Bertz CT molecular complexity index is 1190.